The van der Waals surface area contributed by atoms with E-state index < -0.39 is 16.3 Å². The Morgan fingerprint density at radius 1 is 1.62 bits per heavy atom. The van der Waals surface area contributed by atoms with E-state index >= 15 is 0 Å². The lowest BCUT2D eigenvalue weighted by atomic mass is 10.3. The molecular weight excluding hydrogens is 216 g/mol. The normalized spacial score (nSPS) is 25.7. The largest absolute Gasteiger partial charge is 0.391 e. The Morgan fingerprint density at radius 3 is 2.85 bits per heavy atom. The van der Waals surface area contributed by atoms with Gasteiger partial charge in [-0.15, -0.1) is 11.6 Å². The number of rotatable bonds is 3. The van der Waals surface area contributed by atoms with Gasteiger partial charge in [-0.1, -0.05) is 0 Å². The quantitative estimate of drug-likeness (QED) is 0.617. The molecule has 13 heavy (non-hydrogen) atoms. The fourth-order valence-electron chi connectivity index (χ4n) is 1.14. The molecule has 1 aliphatic rings. The molecule has 0 radical (unpaired) electrons. The molecule has 0 aromatic rings. The van der Waals surface area contributed by atoms with Gasteiger partial charge in [0, 0.05) is 25.5 Å². The lowest BCUT2D eigenvalue weighted by Gasteiger charge is -2.27. The van der Waals surface area contributed by atoms with Crippen molar-refractivity contribution in [2.24, 2.45) is 0 Å². The zero-order chi connectivity index (χ0) is 9.90. The second-order valence-corrected chi connectivity index (χ2v) is 4.98. The van der Waals surface area contributed by atoms with E-state index in [4.69, 9.17) is 11.6 Å². The van der Waals surface area contributed by atoms with E-state index in [1.807, 2.05) is 0 Å². The second kappa shape index (κ2) is 4.56. The summed E-state index contributed by atoms with van der Waals surface area (Å²) < 4.78 is 26.2. The lowest BCUT2D eigenvalue weighted by Crippen LogP contribution is -2.49. The third kappa shape index (κ3) is 3.07. The van der Waals surface area contributed by atoms with Crippen molar-refractivity contribution in [2.75, 3.05) is 25.5 Å². The van der Waals surface area contributed by atoms with Gasteiger partial charge in [0.25, 0.3) is 10.2 Å². The van der Waals surface area contributed by atoms with Crippen LogP contribution in [0.1, 0.15) is 6.42 Å². The van der Waals surface area contributed by atoms with Crippen LogP contribution in [0.15, 0.2) is 0 Å². The van der Waals surface area contributed by atoms with E-state index in [0.29, 0.717) is 13.1 Å². The third-order valence-corrected chi connectivity index (χ3v) is 3.74. The molecule has 2 N–H and O–H groups in total. The van der Waals surface area contributed by atoms with Gasteiger partial charge in [0.1, 0.15) is 0 Å². The maximum atomic E-state index is 11.3. The molecular formula is C6H13ClN2O3S. The first kappa shape index (κ1) is 11.2. The highest BCUT2D eigenvalue weighted by Gasteiger charge is 2.26. The molecule has 5 nitrogen and oxygen atoms in total. The summed E-state index contributed by atoms with van der Waals surface area (Å²) in [4.78, 5) is 0. The minimum Gasteiger partial charge on any atom is -0.391 e. The van der Waals surface area contributed by atoms with Gasteiger partial charge in [-0.3, -0.25) is 0 Å². The van der Waals surface area contributed by atoms with Crippen LogP contribution in [0.5, 0.6) is 0 Å². The molecule has 0 spiro atoms. The number of nitrogens with zero attached hydrogens (tertiary/aromatic N) is 1. The van der Waals surface area contributed by atoms with Gasteiger partial charge in [-0.2, -0.15) is 12.7 Å². The fourth-order valence-corrected chi connectivity index (χ4v) is 2.56. The average Bonchev–Trinajstić information content (AvgIpc) is 2.08. The summed E-state index contributed by atoms with van der Waals surface area (Å²) in [5, 5.41) is 9.18. The van der Waals surface area contributed by atoms with Crippen LogP contribution in [0.3, 0.4) is 0 Å². The molecule has 0 aromatic carbocycles. The first-order valence-corrected chi connectivity index (χ1v) is 6.02. The summed E-state index contributed by atoms with van der Waals surface area (Å²) in [6.07, 6.45) is -0.0369. The van der Waals surface area contributed by atoms with E-state index in [2.05, 4.69) is 4.72 Å². The highest BCUT2D eigenvalue weighted by molar-refractivity contribution is 7.87. The minimum absolute atomic E-state index is 0.0476. The fraction of sp³-hybridized carbons (Fsp3) is 1.00. The van der Waals surface area contributed by atoms with Crippen LogP contribution in [0.2, 0.25) is 0 Å². The molecule has 1 atom stereocenters. The number of aliphatic hydroxyl groups excluding tert-OH is 1. The SMILES string of the molecule is O=S1(=O)NCCCN1CC(O)CCl. The molecule has 0 saturated carbocycles. The summed E-state index contributed by atoms with van der Waals surface area (Å²) >= 11 is 5.37. The Labute approximate surface area is 82.9 Å². The van der Waals surface area contributed by atoms with Gasteiger partial charge in [-0.25, -0.2) is 4.72 Å². The molecule has 1 aliphatic heterocycles. The number of aliphatic hydroxyl groups is 1. The van der Waals surface area contributed by atoms with Gasteiger partial charge in [0.15, 0.2) is 0 Å². The van der Waals surface area contributed by atoms with Crippen molar-refractivity contribution in [3.8, 4) is 0 Å². The van der Waals surface area contributed by atoms with Crippen molar-refractivity contribution in [3.63, 3.8) is 0 Å². The first-order chi connectivity index (χ1) is 6.06. The molecule has 0 aliphatic carbocycles. The van der Waals surface area contributed by atoms with Crippen LogP contribution < -0.4 is 4.72 Å². The molecule has 78 valence electrons. The van der Waals surface area contributed by atoms with Crippen LogP contribution in [0.25, 0.3) is 0 Å². The van der Waals surface area contributed by atoms with E-state index in [1.54, 1.807) is 0 Å². The first-order valence-electron chi connectivity index (χ1n) is 4.05. The van der Waals surface area contributed by atoms with Crippen LogP contribution in [0.4, 0.5) is 0 Å². The van der Waals surface area contributed by atoms with Crippen molar-refractivity contribution >= 4 is 21.8 Å². The lowest BCUT2D eigenvalue weighted by molar-refractivity contribution is 0.162. The topological polar surface area (TPSA) is 69.6 Å². The van der Waals surface area contributed by atoms with Gasteiger partial charge >= 0.3 is 0 Å². The van der Waals surface area contributed by atoms with Gasteiger partial charge in [-0.05, 0) is 6.42 Å². The number of hydrogen-bond donors (Lipinski definition) is 2. The maximum absolute atomic E-state index is 11.3. The monoisotopic (exact) mass is 228 g/mol. The number of nitrogens with one attached hydrogen (secondary N) is 1. The molecule has 1 rings (SSSR count). The van der Waals surface area contributed by atoms with Crippen LogP contribution in [-0.4, -0.2) is 49.4 Å². The van der Waals surface area contributed by atoms with Crippen LogP contribution in [0, 0.1) is 0 Å². The van der Waals surface area contributed by atoms with E-state index in [-0.39, 0.29) is 12.4 Å². The molecule has 0 amide bonds. The number of alkyl halides is 1. The van der Waals surface area contributed by atoms with Crippen molar-refractivity contribution in [1.29, 1.82) is 0 Å². The molecule has 0 bridgehead atoms. The molecule has 7 heteroatoms. The minimum atomic E-state index is -3.36. The predicted octanol–water partition coefficient (Wildman–Crippen LogP) is -0.874. The van der Waals surface area contributed by atoms with Crippen molar-refractivity contribution < 1.29 is 13.5 Å². The summed E-state index contributed by atoms with van der Waals surface area (Å²) in [6, 6.07) is 0. The van der Waals surface area contributed by atoms with Gasteiger partial charge < -0.3 is 5.11 Å². The summed E-state index contributed by atoms with van der Waals surface area (Å²) in [5.74, 6) is 0.0476. The third-order valence-electron chi connectivity index (χ3n) is 1.80. The predicted molar refractivity (Wildman–Crippen MR) is 49.8 cm³/mol. The van der Waals surface area contributed by atoms with E-state index in [1.165, 1.54) is 4.31 Å². The van der Waals surface area contributed by atoms with Crippen LogP contribution in [-0.2, 0) is 10.2 Å². The van der Waals surface area contributed by atoms with Gasteiger partial charge in [0.2, 0.25) is 0 Å². The van der Waals surface area contributed by atoms with Gasteiger partial charge in [0.05, 0.1) is 6.10 Å². The standard InChI is InChI=1S/C6H13ClN2O3S/c7-4-6(10)5-9-3-1-2-8-13(9,11)12/h6,8,10H,1-5H2. The molecule has 1 fully saturated rings. The summed E-state index contributed by atoms with van der Waals surface area (Å²) in [7, 11) is -3.36. The maximum Gasteiger partial charge on any atom is 0.279 e. The van der Waals surface area contributed by atoms with E-state index in [9.17, 15) is 13.5 Å². The summed E-state index contributed by atoms with van der Waals surface area (Å²) in [6.45, 7) is 0.984. The second-order valence-electron chi connectivity index (χ2n) is 2.92. The molecule has 1 saturated heterocycles. The van der Waals surface area contributed by atoms with Crippen molar-refractivity contribution in [2.45, 2.75) is 12.5 Å². The Bertz CT molecular complexity index is 257. The Hall–Kier alpha value is 0.120. The van der Waals surface area contributed by atoms with Crippen LogP contribution >= 0.6 is 11.6 Å². The molecule has 0 aromatic heterocycles. The van der Waals surface area contributed by atoms with Crippen molar-refractivity contribution in [3.05, 3.63) is 0 Å². The zero-order valence-electron chi connectivity index (χ0n) is 7.11. The zero-order valence-corrected chi connectivity index (χ0v) is 8.68. The molecule has 1 heterocycles. The van der Waals surface area contributed by atoms with Crippen molar-refractivity contribution in [1.82, 2.24) is 9.03 Å². The number of β-amino-alcohol motifs (C(OH)–C–C–N with tert-alkyl or cyclic N) is 1. The molecule has 1 unspecified atom stereocenters. The van der Waals surface area contributed by atoms with E-state index in [0.717, 1.165) is 6.42 Å². The smallest absolute Gasteiger partial charge is 0.279 e. The Morgan fingerprint density at radius 2 is 2.31 bits per heavy atom. The Balaban J connectivity index is 2.56. The Kier molecular flexibility index (Phi) is 3.93. The number of halogens is 1. The summed E-state index contributed by atoms with van der Waals surface area (Å²) in [5.41, 5.74) is 0. The average molecular weight is 229 g/mol. The highest BCUT2D eigenvalue weighted by Crippen LogP contribution is 2.06. The highest BCUT2D eigenvalue weighted by atomic mass is 35.5. The number of hydrogen-bond acceptors (Lipinski definition) is 3.